The zero-order valence-electron chi connectivity index (χ0n) is 15.5. The first-order valence-electron chi connectivity index (χ1n) is 9.37. The highest BCUT2D eigenvalue weighted by Gasteiger charge is 2.40. The quantitative estimate of drug-likeness (QED) is 0.730. The fourth-order valence-electron chi connectivity index (χ4n) is 3.85. The fraction of sp³-hybridized carbons (Fsp3) is 0.190. The first kappa shape index (κ1) is 17.1. The average Bonchev–Trinajstić information content (AvgIpc) is 3.18. The number of nitrogens with one attached hydrogen (secondary N) is 1. The second-order valence-electron chi connectivity index (χ2n) is 6.99. The average molecular weight is 383 g/mol. The predicted octanol–water partition coefficient (Wildman–Crippen LogP) is 3.04. The summed E-state index contributed by atoms with van der Waals surface area (Å²) in [6.45, 7) is 1.69. The Morgan fingerprint density at radius 2 is 2.10 bits per heavy atom. The monoisotopic (exact) mass is 383 g/mol. The number of hydrogen-bond donors (Lipinski definition) is 1. The van der Waals surface area contributed by atoms with Crippen molar-refractivity contribution in [1.29, 1.82) is 5.26 Å². The summed E-state index contributed by atoms with van der Waals surface area (Å²) in [6.07, 6.45) is 4.16. The maximum Gasteiger partial charge on any atom is 0.329 e. The lowest BCUT2D eigenvalue weighted by Crippen LogP contribution is -2.48. The second-order valence-corrected chi connectivity index (χ2v) is 6.99. The van der Waals surface area contributed by atoms with Gasteiger partial charge in [-0.3, -0.25) is 10.2 Å². The summed E-state index contributed by atoms with van der Waals surface area (Å²) >= 11 is 0. The standard InChI is InChI=1S/C21H17N7O/c22-11-15-5-4-14(12-24-15)17-6-7-18-20(25-17)28(16-8-10-27(18)13-16)21(29)26-19-3-1-2-9-23-19/h1-7,9,12,16H,8,10,13H2,(H,23,26,29)/t16-/m0/s1. The number of anilines is 3. The maximum atomic E-state index is 13.1. The molecular formula is C21H17N7O. The van der Waals surface area contributed by atoms with Gasteiger partial charge in [-0.05, 0) is 42.8 Å². The number of carbonyl (C=O) groups excluding carboxylic acids is 1. The molecule has 0 unspecified atom stereocenters. The van der Waals surface area contributed by atoms with Crippen LogP contribution >= 0.6 is 0 Å². The molecule has 2 aliphatic heterocycles. The number of carbonyl (C=O) groups is 1. The third-order valence-electron chi connectivity index (χ3n) is 5.24. The Kier molecular flexibility index (Phi) is 4.06. The van der Waals surface area contributed by atoms with Crippen molar-refractivity contribution in [3.8, 4) is 17.3 Å². The molecule has 5 heterocycles. The number of hydrogen-bond acceptors (Lipinski definition) is 6. The van der Waals surface area contributed by atoms with Crippen molar-refractivity contribution in [1.82, 2.24) is 15.0 Å². The topological polar surface area (TPSA) is 98.0 Å². The molecule has 1 fully saturated rings. The molecule has 0 radical (unpaired) electrons. The van der Waals surface area contributed by atoms with Gasteiger partial charge in [-0.25, -0.2) is 19.7 Å². The van der Waals surface area contributed by atoms with Crippen molar-refractivity contribution in [2.45, 2.75) is 12.5 Å². The van der Waals surface area contributed by atoms with Gasteiger partial charge >= 0.3 is 6.03 Å². The Morgan fingerprint density at radius 3 is 2.86 bits per heavy atom. The van der Waals surface area contributed by atoms with E-state index in [0.29, 0.717) is 23.0 Å². The van der Waals surface area contributed by atoms with Crippen LogP contribution in [0.5, 0.6) is 0 Å². The molecule has 5 rings (SSSR count). The lowest BCUT2D eigenvalue weighted by Gasteiger charge is -2.35. The smallest absolute Gasteiger partial charge is 0.329 e. The number of pyridine rings is 3. The summed E-state index contributed by atoms with van der Waals surface area (Å²) in [4.78, 5) is 30.2. The van der Waals surface area contributed by atoms with Gasteiger partial charge in [-0.1, -0.05) is 6.07 Å². The van der Waals surface area contributed by atoms with Crippen LogP contribution in [-0.4, -0.2) is 40.1 Å². The van der Waals surface area contributed by atoms with E-state index in [0.717, 1.165) is 30.8 Å². The van der Waals surface area contributed by atoms with Gasteiger partial charge in [0, 0.05) is 31.0 Å². The van der Waals surface area contributed by atoms with Gasteiger partial charge in [0.15, 0.2) is 5.82 Å². The van der Waals surface area contributed by atoms with E-state index in [4.69, 9.17) is 10.2 Å². The van der Waals surface area contributed by atoms with Crippen LogP contribution in [-0.2, 0) is 0 Å². The Hall–Kier alpha value is -3.99. The van der Waals surface area contributed by atoms with Gasteiger partial charge < -0.3 is 4.90 Å². The molecule has 0 aliphatic carbocycles. The van der Waals surface area contributed by atoms with E-state index in [9.17, 15) is 4.79 Å². The molecule has 1 atom stereocenters. The first-order chi connectivity index (χ1) is 14.2. The lowest BCUT2D eigenvalue weighted by molar-refractivity contribution is 0.254. The number of nitriles is 1. The highest BCUT2D eigenvalue weighted by molar-refractivity contribution is 6.04. The largest absolute Gasteiger partial charge is 0.366 e. The molecule has 142 valence electrons. The van der Waals surface area contributed by atoms with Crippen molar-refractivity contribution in [2.24, 2.45) is 0 Å². The van der Waals surface area contributed by atoms with Gasteiger partial charge in [0.1, 0.15) is 17.6 Å². The zero-order chi connectivity index (χ0) is 19.8. The molecular weight excluding hydrogens is 366 g/mol. The van der Waals surface area contributed by atoms with Gasteiger partial charge in [-0.15, -0.1) is 0 Å². The van der Waals surface area contributed by atoms with Crippen LogP contribution in [0.15, 0.2) is 54.9 Å². The highest BCUT2D eigenvalue weighted by Crippen LogP contribution is 2.40. The van der Waals surface area contributed by atoms with Gasteiger partial charge in [0.05, 0.1) is 17.4 Å². The Bertz CT molecular complexity index is 1110. The second kappa shape index (κ2) is 6.87. The van der Waals surface area contributed by atoms with Gasteiger partial charge in [-0.2, -0.15) is 5.26 Å². The number of amides is 2. The molecule has 0 aromatic carbocycles. The fourth-order valence-corrected chi connectivity index (χ4v) is 3.85. The van der Waals surface area contributed by atoms with Crippen molar-refractivity contribution >= 4 is 23.4 Å². The van der Waals surface area contributed by atoms with Crippen LogP contribution in [0, 0.1) is 11.3 Å². The molecule has 1 saturated heterocycles. The minimum atomic E-state index is -0.237. The van der Waals surface area contributed by atoms with E-state index in [-0.39, 0.29) is 12.1 Å². The van der Waals surface area contributed by atoms with Gasteiger partial charge in [0.2, 0.25) is 0 Å². The maximum absolute atomic E-state index is 13.1. The van der Waals surface area contributed by atoms with Crippen molar-refractivity contribution in [2.75, 3.05) is 28.2 Å². The molecule has 3 aromatic heterocycles. The number of urea groups is 1. The minimum Gasteiger partial charge on any atom is -0.366 e. The van der Waals surface area contributed by atoms with Crippen molar-refractivity contribution < 1.29 is 4.79 Å². The first-order valence-corrected chi connectivity index (χ1v) is 9.37. The van der Waals surface area contributed by atoms with Crippen molar-refractivity contribution in [3.63, 3.8) is 0 Å². The third-order valence-corrected chi connectivity index (χ3v) is 5.24. The van der Waals surface area contributed by atoms with Crippen LogP contribution in [0.4, 0.5) is 22.1 Å². The number of fused-ring (bicyclic) bond motifs is 4. The van der Waals surface area contributed by atoms with Crippen LogP contribution in [0.25, 0.3) is 11.3 Å². The Balaban J connectivity index is 1.52. The molecule has 3 aromatic rings. The molecule has 8 heteroatoms. The van der Waals surface area contributed by atoms with E-state index in [1.807, 2.05) is 30.3 Å². The van der Waals surface area contributed by atoms with Crippen LogP contribution in [0.1, 0.15) is 12.1 Å². The Labute approximate surface area is 167 Å². The molecule has 0 spiro atoms. The molecule has 1 N–H and O–H groups in total. The van der Waals surface area contributed by atoms with Crippen LogP contribution in [0.2, 0.25) is 0 Å². The predicted molar refractivity (Wildman–Crippen MR) is 109 cm³/mol. The summed E-state index contributed by atoms with van der Waals surface area (Å²) in [5.74, 6) is 1.14. The van der Waals surface area contributed by atoms with Gasteiger partial charge in [0.25, 0.3) is 0 Å². The van der Waals surface area contributed by atoms with Crippen LogP contribution in [0.3, 0.4) is 0 Å². The summed E-state index contributed by atoms with van der Waals surface area (Å²) in [7, 11) is 0. The number of rotatable bonds is 2. The summed E-state index contributed by atoms with van der Waals surface area (Å²) in [6, 6.07) is 14.6. The van der Waals surface area contributed by atoms with Crippen LogP contribution < -0.4 is 15.1 Å². The lowest BCUT2D eigenvalue weighted by atomic mass is 10.1. The summed E-state index contributed by atoms with van der Waals surface area (Å²) in [5, 5.41) is 11.8. The third kappa shape index (κ3) is 3.02. The van der Waals surface area contributed by atoms with E-state index in [1.165, 1.54) is 0 Å². The van der Waals surface area contributed by atoms with E-state index < -0.39 is 0 Å². The molecule has 2 bridgehead atoms. The zero-order valence-corrected chi connectivity index (χ0v) is 15.5. The van der Waals surface area contributed by atoms with E-state index in [1.54, 1.807) is 35.5 Å². The molecule has 0 saturated carbocycles. The number of nitrogens with zero attached hydrogens (tertiary/aromatic N) is 6. The van der Waals surface area contributed by atoms with E-state index in [2.05, 4.69) is 20.2 Å². The normalized spacial score (nSPS) is 16.9. The van der Waals surface area contributed by atoms with Crippen molar-refractivity contribution in [3.05, 3.63) is 60.6 Å². The summed E-state index contributed by atoms with van der Waals surface area (Å²) in [5.41, 5.74) is 2.80. The molecule has 2 aliphatic rings. The number of aromatic nitrogens is 3. The highest BCUT2D eigenvalue weighted by atomic mass is 16.2. The molecule has 2 amide bonds. The molecule has 29 heavy (non-hydrogen) atoms. The SMILES string of the molecule is N#Cc1ccc(-c2ccc3c(n2)N(C(=O)Nc2ccccn2)[C@H]2CCN3C2)cn1. The minimum absolute atomic E-state index is 0.0630. The summed E-state index contributed by atoms with van der Waals surface area (Å²) < 4.78 is 0. The molecule has 8 nitrogen and oxygen atoms in total. The Morgan fingerprint density at radius 1 is 1.17 bits per heavy atom. The van der Waals surface area contributed by atoms with E-state index >= 15 is 0 Å².